The lowest BCUT2D eigenvalue weighted by Gasteiger charge is -2.24. The van der Waals surface area contributed by atoms with Gasteiger partial charge < -0.3 is 4.90 Å². The Morgan fingerprint density at radius 2 is 1.90 bits per heavy atom. The number of carbonyl (C=O) groups is 1. The number of hydrogen-bond donors (Lipinski definition) is 0. The molecule has 2 heterocycles. The Hall–Kier alpha value is -2.26. The van der Waals surface area contributed by atoms with Crippen LogP contribution in [-0.4, -0.2) is 42.3 Å². The Morgan fingerprint density at radius 1 is 1.17 bits per heavy atom. The summed E-state index contributed by atoms with van der Waals surface area (Å²) in [5.74, 6) is -2.19. The van der Waals surface area contributed by atoms with Crippen molar-refractivity contribution in [3.05, 3.63) is 65.2 Å². The number of fused-ring (bicyclic) bond motifs is 1. The SMILES string of the molecule is Cc1ccc(CC(=O)N=C2S[C@H]3CS(=O)(=O)C[C@H]3N2c2ccc(F)cc2F)cc1. The average Bonchev–Trinajstić information content (AvgIpc) is 3.08. The summed E-state index contributed by atoms with van der Waals surface area (Å²) in [4.78, 5) is 18.1. The van der Waals surface area contributed by atoms with Crippen molar-refractivity contribution in [3.8, 4) is 0 Å². The van der Waals surface area contributed by atoms with Gasteiger partial charge in [0.1, 0.15) is 11.6 Å². The van der Waals surface area contributed by atoms with E-state index in [0.29, 0.717) is 0 Å². The Kier molecular flexibility index (Phi) is 5.20. The van der Waals surface area contributed by atoms with Crippen molar-refractivity contribution in [2.45, 2.75) is 24.6 Å². The molecular formula is C20H18F2N2O3S2. The standard InChI is InChI=1S/C20H18F2N2O3S2/c1-12-2-4-13(5-3-12)8-19(25)23-20-24(16-7-6-14(21)9-15(16)22)17-10-29(26,27)11-18(17)28-20/h2-7,9,17-18H,8,10-11H2,1H3/t17-,18+/m1/s1. The van der Waals surface area contributed by atoms with Crippen LogP contribution in [0.4, 0.5) is 14.5 Å². The minimum atomic E-state index is -3.27. The van der Waals surface area contributed by atoms with E-state index in [4.69, 9.17) is 0 Å². The molecule has 2 aliphatic rings. The molecular weight excluding hydrogens is 418 g/mol. The highest BCUT2D eigenvalue weighted by atomic mass is 32.2. The number of benzene rings is 2. The summed E-state index contributed by atoms with van der Waals surface area (Å²) in [6.45, 7) is 1.95. The van der Waals surface area contributed by atoms with Crippen LogP contribution >= 0.6 is 11.8 Å². The molecule has 2 fully saturated rings. The third-order valence-electron chi connectivity index (χ3n) is 4.93. The molecule has 2 aliphatic heterocycles. The van der Waals surface area contributed by atoms with Crippen molar-refractivity contribution in [1.82, 2.24) is 0 Å². The Balaban J connectivity index is 1.66. The highest BCUT2D eigenvalue weighted by Gasteiger charge is 2.50. The second-order valence-corrected chi connectivity index (χ2v) is 10.6. The van der Waals surface area contributed by atoms with Crippen LogP contribution < -0.4 is 4.90 Å². The number of aliphatic imine (C=N–C) groups is 1. The van der Waals surface area contributed by atoms with Gasteiger partial charge in [-0.2, -0.15) is 4.99 Å². The fourth-order valence-electron chi connectivity index (χ4n) is 3.55. The summed E-state index contributed by atoms with van der Waals surface area (Å²) >= 11 is 1.16. The number of amidine groups is 1. The Morgan fingerprint density at radius 3 is 2.59 bits per heavy atom. The van der Waals surface area contributed by atoms with E-state index in [2.05, 4.69) is 4.99 Å². The predicted octanol–water partition coefficient (Wildman–Crippen LogP) is 3.12. The number of hydrogen-bond acceptors (Lipinski definition) is 4. The van der Waals surface area contributed by atoms with Crippen molar-refractivity contribution < 1.29 is 22.0 Å². The molecule has 0 saturated carbocycles. The van der Waals surface area contributed by atoms with Gasteiger partial charge in [0.25, 0.3) is 5.91 Å². The zero-order valence-electron chi connectivity index (χ0n) is 15.5. The number of carbonyl (C=O) groups excluding carboxylic acids is 1. The number of anilines is 1. The molecule has 0 unspecified atom stereocenters. The van der Waals surface area contributed by atoms with E-state index in [9.17, 15) is 22.0 Å². The smallest absolute Gasteiger partial charge is 0.252 e. The van der Waals surface area contributed by atoms with Gasteiger partial charge in [-0.05, 0) is 24.6 Å². The molecule has 0 aliphatic carbocycles. The Labute approximate surface area is 171 Å². The summed E-state index contributed by atoms with van der Waals surface area (Å²) in [6, 6.07) is 10.0. The summed E-state index contributed by atoms with van der Waals surface area (Å²) in [7, 11) is -3.27. The van der Waals surface area contributed by atoms with E-state index in [1.807, 2.05) is 31.2 Å². The fourth-order valence-corrected chi connectivity index (χ4v) is 7.47. The average molecular weight is 437 g/mol. The molecule has 2 atom stereocenters. The maximum absolute atomic E-state index is 14.5. The van der Waals surface area contributed by atoms with Gasteiger partial charge in [0.05, 0.1) is 29.7 Å². The lowest BCUT2D eigenvalue weighted by Crippen LogP contribution is -2.38. The lowest BCUT2D eigenvalue weighted by molar-refractivity contribution is -0.117. The molecule has 2 aromatic carbocycles. The third kappa shape index (κ3) is 4.20. The molecule has 5 nitrogen and oxygen atoms in total. The van der Waals surface area contributed by atoms with E-state index in [1.165, 1.54) is 11.0 Å². The molecule has 0 radical (unpaired) electrons. The first-order valence-corrected chi connectivity index (χ1v) is 11.7. The maximum Gasteiger partial charge on any atom is 0.252 e. The van der Waals surface area contributed by atoms with Gasteiger partial charge in [0.15, 0.2) is 15.0 Å². The summed E-state index contributed by atoms with van der Waals surface area (Å²) in [5, 5.41) is -0.104. The Bertz CT molecular complexity index is 1100. The van der Waals surface area contributed by atoms with Gasteiger partial charge in [-0.1, -0.05) is 41.6 Å². The second kappa shape index (κ2) is 7.53. The van der Waals surface area contributed by atoms with Gasteiger partial charge >= 0.3 is 0 Å². The van der Waals surface area contributed by atoms with Crippen molar-refractivity contribution in [1.29, 1.82) is 0 Å². The van der Waals surface area contributed by atoms with Gasteiger partial charge in [0.2, 0.25) is 0 Å². The predicted molar refractivity (Wildman–Crippen MR) is 110 cm³/mol. The van der Waals surface area contributed by atoms with Gasteiger partial charge in [0, 0.05) is 11.3 Å². The highest BCUT2D eigenvalue weighted by Crippen LogP contribution is 2.41. The van der Waals surface area contributed by atoms with Crippen LogP contribution in [0.5, 0.6) is 0 Å². The van der Waals surface area contributed by atoms with E-state index in [-0.39, 0.29) is 34.0 Å². The highest BCUT2D eigenvalue weighted by molar-refractivity contribution is 8.16. The van der Waals surface area contributed by atoms with E-state index < -0.39 is 33.4 Å². The maximum atomic E-state index is 14.5. The van der Waals surface area contributed by atoms with Crippen molar-refractivity contribution >= 4 is 38.4 Å². The number of rotatable bonds is 3. The van der Waals surface area contributed by atoms with Crippen LogP contribution in [0.3, 0.4) is 0 Å². The summed E-state index contributed by atoms with van der Waals surface area (Å²) in [6.07, 6.45) is 0.0811. The normalized spacial score (nSPS) is 24.1. The fraction of sp³-hybridized carbons (Fsp3) is 0.300. The number of thioether (sulfide) groups is 1. The van der Waals surface area contributed by atoms with E-state index in [0.717, 1.165) is 35.0 Å². The number of aryl methyl sites for hydroxylation is 1. The second-order valence-electron chi connectivity index (χ2n) is 7.22. The van der Waals surface area contributed by atoms with Crippen molar-refractivity contribution in [2.75, 3.05) is 16.4 Å². The van der Waals surface area contributed by atoms with Crippen LogP contribution in [0.2, 0.25) is 0 Å². The van der Waals surface area contributed by atoms with E-state index in [1.54, 1.807) is 0 Å². The monoisotopic (exact) mass is 436 g/mol. The van der Waals surface area contributed by atoms with Crippen LogP contribution in [0, 0.1) is 18.6 Å². The quantitative estimate of drug-likeness (QED) is 0.740. The van der Waals surface area contributed by atoms with Crippen LogP contribution in [0.15, 0.2) is 47.5 Å². The summed E-state index contributed by atoms with van der Waals surface area (Å²) < 4.78 is 51.9. The number of amides is 1. The van der Waals surface area contributed by atoms with Gasteiger partial charge in [-0.25, -0.2) is 17.2 Å². The molecule has 2 saturated heterocycles. The molecule has 0 bridgehead atoms. The van der Waals surface area contributed by atoms with Gasteiger partial charge in [-0.3, -0.25) is 4.79 Å². The van der Waals surface area contributed by atoms with E-state index >= 15 is 0 Å². The topological polar surface area (TPSA) is 66.8 Å². The molecule has 152 valence electrons. The molecule has 29 heavy (non-hydrogen) atoms. The minimum absolute atomic E-state index is 0.0189. The van der Waals surface area contributed by atoms with Crippen LogP contribution in [0.1, 0.15) is 11.1 Å². The van der Waals surface area contributed by atoms with Crippen LogP contribution in [-0.2, 0) is 21.1 Å². The minimum Gasteiger partial charge on any atom is -0.313 e. The summed E-state index contributed by atoms with van der Waals surface area (Å²) in [5.41, 5.74) is 1.89. The number of sulfone groups is 1. The lowest BCUT2D eigenvalue weighted by atomic mass is 10.1. The molecule has 0 aromatic heterocycles. The first kappa shape index (κ1) is 20.0. The molecule has 1 amide bonds. The number of nitrogens with zero attached hydrogens (tertiary/aromatic N) is 2. The van der Waals surface area contributed by atoms with Crippen LogP contribution in [0.25, 0.3) is 0 Å². The van der Waals surface area contributed by atoms with Crippen molar-refractivity contribution in [2.24, 2.45) is 4.99 Å². The zero-order valence-corrected chi connectivity index (χ0v) is 17.1. The molecule has 0 spiro atoms. The molecule has 0 N–H and O–H groups in total. The third-order valence-corrected chi connectivity index (χ3v) is 8.14. The van der Waals surface area contributed by atoms with Gasteiger partial charge in [-0.15, -0.1) is 0 Å². The largest absolute Gasteiger partial charge is 0.313 e. The number of halogens is 2. The molecule has 4 rings (SSSR count). The first-order valence-electron chi connectivity index (χ1n) is 9.00. The van der Waals surface area contributed by atoms with Crippen molar-refractivity contribution in [3.63, 3.8) is 0 Å². The zero-order chi connectivity index (χ0) is 20.8. The molecule has 2 aromatic rings. The molecule has 9 heteroatoms. The first-order chi connectivity index (χ1) is 13.7.